The van der Waals surface area contributed by atoms with E-state index in [9.17, 15) is 27.2 Å². The third-order valence-corrected chi connectivity index (χ3v) is 5.75. The Morgan fingerprint density at radius 3 is 2.23 bits per heavy atom. The normalized spacial score (nSPS) is 24.5. The molecule has 0 N–H and O–H groups in total. The highest BCUT2D eigenvalue weighted by atomic mass is 19.4. The Bertz CT molecular complexity index is 802. The predicted molar refractivity (Wildman–Crippen MR) is 102 cm³/mol. The van der Waals surface area contributed by atoms with Crippen molar-refractivity contribution in [2.45, 2.75) is 83.2 Å². The molecule has 2 bridgehead atoms. The Labute approximate surface area is 173 Å². The minimum Gasteiger partial charge on any atom is -0.444 e. The number of ether oxygens (including phenoxy) is 1. The molecule has 1 aromatic rings. The Morgan fingerprint density at radius 2 is 1.70 bits per heavy atom. The second-order valence-electron chi connectivity index (χ2n) is 9.25. The standard InChI is InChI=1S/C22H27F4NO3/c1-21(2,3)30-20(29)27-15-5-4-6-16(27)12-14(11-15)19(28)10-13-7-8-18(23)17(9-13)22(24,25)26/h7-9,14-16H,4-6,10-12H2,1-3H3. The number of hydrogen-bond acceptors (Lipinski definition) is 3. The molecule has 4 nitrogen and oxygen atoms in total. The van der Waals surface area contributed by atoms with Gasteiger partial charge in [-0.25, -0.2) is 9.18 Å². The molecule has 2 aliphatic heterocycles. The molecular weight excluding hydrogens is 402 g/mol. The number of fused-ring (bicyclic) bond motifs is 2. The van der Waals surface area contributed by atoms with Gasteiger partial charge in [0.15, 0.2) is 0 Å². The Kier molecular flexibility index (Phi) is 6.16. The smallest absolute Gasteiger partial charge is 0.419 e. The fourth-order valence-electron chi connectivity index (χ4n) is 4.50. The maximum absolute atomic E-state index is 13.5. The van der Waals surface area contributed by atoms with E-state index in [2.05, 4.69) is 0 Å². The lowest BCUT2D eigenvalue weighted by Crippen LogP contribution is -2.56. The maximum Gasteiger partial charge on any atom is 0.419 e. The largest absolute Gasteiger partial charge is 0.444 e. The lowest BCUT2D eigenvalue weighted by molar-refractivity contribution is -0.140. The lowest BCUT2D eigenvalue weighted by Gasteiger charge is -2.48. The summed E-state index contributed by atoms with van der Waals surface area (Å²) < 4.78 is 57.8. The number of carbonyl (C=O) groups excluding carboxylic acids is 2. The first-order valence-electron chi connectivity index (χ1n) is 10.2. The van der Waals surface area contributed by atoms with Crippen molar-refractivity contribution >= 4 is 11.9 Å². The number of Topliss-reactive ketones (excluding diaryl/α,β-unsaturated/α-hetero) is 1. The van der Waals surface area contributed by atoms with Crippen molar-refractivity contribution in [1.82, 2.24) is 4.90 Å². The summed E-state index contributed by atoms with van der Waals surface area (Å²) in [6.45, 7) is 5.40. The van der Waals surface area contributed by atoms with Crippen molar-refractivity contribution in [2.24, 2.45) is 5.92 Å². The molecule has 2 unspecified atom stereocenters. The molecule has 1 amide bonds. The number of hydrogen-bond donors (Lipinski definition) is 0. The van der Waals surface area contributed by atoms with Gasteiger partial charge in [-0.3, -0.25) is 4.79 Å². The van der Waals surface area contributed by atoms with Crippen LogP contribution in [0.3, 0.4) is 0 Å². The first-order chi connectivity index (χ1) is 13.8. The van der Waals surface area contributed by atoms with E-state index in [0.717, 1.165) is 25.3 Å². The van der Waals surface area contributed by atoms with Crippen molar-refractivity contribution in [3.8, 4) is 0 Å². The van der Waals surface area contributed by atoms with E-state index in [4.69, 9.17) is 4.74 Å². The molecule has 0 spiro atoms. The van der Waals surface area contributed by atoms with Gasteiger partial charge in [0.2, 0.25) is 0 Å². The second kappa shape index (κ2) is 8.19. The van der Waals surface area contributed by atoms with Gasteiger partial charge < -0.3 is 9.64 Å². The van der Waals surface area contributed by atoms with Crippen LogP contribution >= 0.6 is 0 Å². The van der Waals surface area contributed by atoms with E-state index in [1.54, 1.807) is 25.7 Å². The first kappa shape index (κ1) is 22.6. The number of piperidine rings is 2. The van der Waals surface area contributed by atoms with Gasteiger partial charge in [-0.2, -0.15) is 13.2 Å². The van der Waals surface area contributed by atoms with Gasteiger partial charge >= 0.3 is 12.3 Å². The van der Waals surface area contributed by atoms with E-state index in [-0.39, 0.29) is 41.9 Å². The number of carbonyl (C=O) groups is 2. The van der Waals surface area contributed by atoms with Crippen LogP contribution in [0.15, 0.2) is 18.2 Å². The van der Waals surface area contributed by atoms with Crippen LogP contribution in [0.1, 0.15) is 64.0 Å². The highest BCUT2D eigenvalue weighted by Crippen LogP contribution is 2.39. The van der Waals surface area contributed by atoms with Gasteiger partial charge in [-0.05, 0) is 70.6 Å². The summed E-state index contributed by atoms with van der Waals surface area (Å²) in [6, 6.07) is 2.47. The van der Waals surface area contributed by atoms with Gasteiger partial charge in [0.25, 0.3) is 0 Å². The summed E-state index contributed by atoms with van der Waals surface area (Å²) in [5, 5.41) is 0. The Morgan fingerprint density at radius 1 is 1.10 bits per heavy atom. The number of halogens is 4. The third-order valence-electron chi connectivity index (χ3n) is 5.75. The molecule has 0 radical (unpaired) electrons. The number of amides is 1. The molecule has 166 valence electrons. The molecule has 1 aromatic carbocycles. The zero-order valence-corrected chi connectivity index (χ0v) is 17.4. The fraction of sp³-hybridized carbons (Fsp3) is 0.636. The zero-order chi connectivity index (χ0) is 22.3. The summed E-state index contributed by atoms with van der Waals surface area (Å²) in [5.41, 5.74) is -1.82. The van der Waals surface area contributed by atoms with Crippen molar-refractivity contribution in [3.63, 3.8) is 0 Å². The average Bonchev–Trinajstić information content (AvgIpc) is 2.59. The topological polar surface area (TPSA) is 46.6 Å². The van der Waals surface area contributed by atoms with Crippen molar-refractivity contribution in [3.05, 3.63) is 35.1 Å². The van der Waals surface area contributed by atoms with Gasteiger partial charge in [-0.15, -0.1) is 0 Å². The van der Waals surface area contributed by atoms with Gasteiger partial charge in [0, 0.05) is 24.4 Å². The number of benzene rings is 1. The SMILES string of the molecule is CC(C)(C)OC(=O)N1C2CCCC1CC(C(=O)Cc1ccc(F)c(C(F)(F)F)c1)C2. The monoisotopic (exact) mass is 429 g/mol. The molecule has 8 heteroatoms. The first-order valence-corrected chi connectivity index (χ1v) is 10.2. The van der Waals surface area contributed by atoms with Crippen LogP contribution in [0.2, 0.25) is 0 Å². The van der Waals surface area contributed by atoms with Crippen LogP contribution < -0.4 is 0 Å². The molecule has 2 fully saturated rings. The van der Waals surface area contributed by atoms with Crippen LogP contribution in [-0.2, 0) is 22.1 Å². The number of rotatable bonds is 3. The fourth-order valence-corrected chi connectivity index (χ4v) is 4.50. The van der Waals surface area contributed by atoms with E-state index >= 15 is 0 Å². The van der Waals surface area contributed by atoms with E-state index in [1.165, 1.54) is 6.07 Å². The highest BCUT2D eigenvalue weighted by molar-refractivity contribution is 5.84. The summed E-state index contributed by atoms with van der Waals surface area (Å²) in [7, 11) is 0. The Balaban J connectivity index is 1.70. The van der Waals surface area contributed by atoms with Crippen molar-refractivity contribution in [2.75, 3.05) is 0 Å². The van der Waals surface area contributed by atoms with Gasteiger partial charge in [-0.1, -0.05) is 6.07 Å². The third kappa shape index (κ3) is 5.13. The highest BCUT2D eigenvalue weighted by Gasteiger charge is 2.44. The summed E-state index contributed by atoms with van der Waals surface area (Å²) in [4.78, 5) is 27.2. The van der Waals surface area contributed by atoms with Crippen LogP contribution in [0.5, 0.6) is 0 Å². The van der Waals surface area contributed by atoms with Crippen LogP contribution in [0.4, 0.5) is 22.4 Å². The molecule has 0 aromatic heterocycles. The number of nitrogens with zero attached hydrogens (tertiary/aromatic N) is 1. The van der Waals surface area contributed by atoms with E-state index in [1.807, 2.05) is 0 Å². The van der Waals surface area contributed by atoms with Gasteiger partial charge in [0.05, 0.1) is 5.56 Å². The molecular formula is C22H27F4NO3. The molecule has 2 saturated heterocycles. The number of alkyl halides is 3. The molecule has 3 rings (SSSR count). The molecule has 2 aliphatic rings. The molecule has 2 atom stereocenters. The second-order valence-corrected chi connectivity index (χ2v) is 9.25. The van der Waals surface area contributed by atoms with Crippen LogP contribution in [-0.4, -0.2) is 34.5 Å². The molecule has 0 saturated carbocycles. The quantitative estimate of drug-likeness (QED) is 0.594. The molecule has 30 heavy (non-hydrogen) atoms. The van der Waals surface area contributed by atoms with Crippen LogP contribution in [0.25, 0.3) is 0 Å². The molecule has 2 heterocycles. The number of ketones is 1. The predicted octanol–water partition coefficient (Wildman–Crippen LogP) is 5.52. The minimum atomic E-state index is -4.81. The molecule has 0 aliphatic carbocycles. The Hall–Kier alpha value is -2.12. The van der Waals surface area contributed by atoms with E-state index < -0.39 is 23.2 Å². The van der Waals surface area contributed by atoms with Crippen molar-refractivity contribution in [1.29, 1.82) is 0 Å². The summed E-state index contributed by atoms with van der Waals surface area (Å²) in [6.07, 6.45) is -1.91. The van der Waals surface area contributed by atoms with Gasteiger partial charge in [0.1, 0.15) is 17.2 Å². The average molecular weight is 429 g/mol. The zero-order valence-electron chi connectivity index (χ0n) is 17.4. The lowest BCUT2D eigenvalue weighted by atomic mass is 9.76. The summed E-state index contributed by atoms with van der Waals surface area (Å²) >= 11 is 0. The summed E-state index contributed by atoms with van der Waals surface area (Å²) in [5.74, 6) is -1.85. The van der Waals surface area contributed by atoms with Crippen LogP contribution in [0, 0.1) is 11.7 Å². The minimum absolute atomic E-state index is 0.111. The maximum atomic E-state index is 13.5. The van der Waals surface area contributed by atoms with E-state index in [0.29, 0.717) is 18.9 Å². The van der Waals surface area contributed by atoms with Crippen molar-refractivity contribution < 1.29 is 31.9 Å².